The Kier molecular flexibility index (Phi) is 5.18. The van der Waals surface area contributed by atoms with Crippen molar-refractivity contribution in [2.45, 2.75) is 51.7 Å². The topological polar surface area (TPSA) is 82.3 Å². The molecular formula is C23H23F4N3O3. The number of rotatable bonds is 4. The van der Waals surface area contributed by atoms with Crippen LogP contribution in [0.25, 0.3) is 10.9 Å². The third kappa shape index (κ3) is 3.61. The number of benzene rings is 1. The fraction of sp³-hybridized carbons (Fsp3) is 0.435. The van der Waals surface area contributed by atoms with Gasteiger partial charge in [-0.15, -0.1) is 0 Å². The molecule has 1 unspecified atom stereocenters. The van der Waals surface area contributed by atoms with Gasteiger partial charge in [0.1, 0.15) is 5.82 Å². The first-order chi connectivity index (χ1) is 15.3. The number of alkyl halides is 3. The third-order valence-electron chi connectivity index (χ3n) is 6.24. The first-order valence-electron chi connectivity index (χ1n) is 10.5. The standard InChI is InChI=1S/C23H23F4N3O3/c1-12(31)29-22(23(25,26)27)19-17(9-21(2,3)10-18(19)32)30(20(22)33)7-6-13-11-28-16-5-4-14(24)8-15(13)16/h4-5,8,11,28H,6-7,9-10H2,1-3H3,(H,29,31). The molecule has 176 valence electrons. The smallest absolute Gasteiger partial charge is 0.361 e. The summed E-state index contributed by atoms with van der Waals surface area (Å²) >= 11 is 0. The molecule has 0 fully saturated rings. The van der Waals surface area contributed by atoms with E-state index < -0.39 is 46.1 Å². The normalized spacial score (nSPS) is 22.8. The molecule has 0 saturated heterocycles. The molecule has 6 nitrogen and oxygen atoms in total. The molecule has 0 bridgehead atoms. The maximum atomic E-state index is 14.4. The molecule has 0 spiro atoms. The van der Waals surface area contributed by atoms with Crippen LogP contribution in [-0.2, 0) is 20.8 Å². The van der Waals surface area contributed by atoms with Crippen LogP contribution >= 0.6 is 0 Å². The van der Waals surface area contributed by atoms with Crippen LogP contribution in [-0.4, -0.2) is 45.7 Å². The zero-order chi connectivity index (χ0) is 24.3. The summed E-state index contributed by atoms with van der Waals surface area (Å²) in [5.41, 5.74) is -3.51. The van der Waals surface area contributed by atoms with Gasteiger partial charge in [0.25, 0.3) is 5.91 Å². The average molecular weight is 465 g/mol. The van der Waals surface area contributed by atoms with Crippen LogP contribution in [0.5, 0.6) is 0 Å². The van der Waals surface area contributed by atoms with Gasteiger partial charge in [-0.05, 0) is 42.0 Å². The molecule has 2 aromatic rings. The molecule has 2 amide bonds. The van der Waals surface area contributed by atoms with Gasteiger partial charge < -0.3 is 15.2 Å². The van der Waals surface area contributed by atoms with Gasteiger partial charge in [0.2, 0.25) is 11.4 Å². The minimum absolute atomic E-state index is 0.0154. The number of aromatic nitrogens is 1. The quantitative estimate of drug-likeness (QED) is 0.675. The molecule has 2 N–H and O–H groups in total. The number of allylic oxidation sites excluding steroid dienone is 1. The zero-order valence-electron chi connectivity index (χ0n) is 18.3. The number of aromatic amines is 1. The molecule has 1 aliphatic carbocycles. The predicted octanol–water partition coefficient (Wildman–Crippen LogP) is 3.77. The van der Waals surface area contributed by atoms with E-state index in [9.17, 15) is 31.9 Å². The van der Waals surface area contributed by atoms with Crippen LogP contribution < -0.4 is 5.32 Å². The Balaban J connectivity index is 1.79. The lowest BCUT2D eigenvalue weighted by Gasteiger charge is -2.35. The molecule has 1 aromatic carbocycles. The molecule has 2 heterocycles. The Labute approximate surface area is 187 Å². The van der Waals surface area contributed by atoms with E-state index in [2.05, 4.69) is 4.98 Å². The number of fused-ring (bicyclic) bond motifs is 1. The molecular weight excluding hydrogens is 442 g/mol. The number of H-pyrrole nitrogens is 1. The minimum atomic E-state index is -5.22. The van der Waals surface area contributed by atoms with E-state index in [0.717, 1.165) is 11.8 Å². The van der Waals surface area contributed by atoms with E-state index in [1.54, 1.807) is 31.4 Å². The highest BCUT2D eigenvalue weighted by Gasteiger charge is 2.71. The van der Waals surface area contributed by atoms with Crippen LogP contribution in [0.15, 0.2) is 35.7 Å². The number of carbonyl (C=O) groups excluding carboxylic acids is 3. The van der Waals surface area contributed by atoms with Gasteiger partial charge >= 0.3 is 6.18 Å². The van der Waals surface area contributed by atoms with E-state index in [1.807, 2.05) is 0 Å². The molecule has 0 saturated carbocycles. The fourth-order valence-electron chi connectivity index (χ4n) is 4.92. The van der Waals surface area contributed by atoms with Gasteiger partial charge in [-0.2, -0.15) is 13.2 Å². The Morgan fingerprint density at radius 3 is 2.55 bits per heavy atom. The minimum Gasteiger partial charge on any atom is -0.361 e. The molecule has 1 aliphatic heterocycles. The monoisotopic (exact) mass is 465 g/mol. The average Bonchev–Trinajstić information content (AvgIpc) is 3.16. The van der Waals surface area contributed by atoms with Crippen LogP contribution in [0.3, 0.4) is 0 Å². The van der Waals surface area contributed by atoms with Crippen LogP contribution in [0, 0.1) is 11.2 Å². The molecule has 2 aliphatic rings. The lowest BCUT2D eigenvalue weighted by Crippen LogP contribution is -2.66. The molecule has 1 atom stereocenters. The highest BCUT2D eigenvalue weighted by atomic mass is 19.4. The summed E-state index contributed by atoms with van der Waals surface area (Å²) in [4.78, 5) is 42.0. The first kappa shape index (κ1) is 23.0. The van der Waals surface area contributed by atoms with Crippen molar-refractivity contribution in [3.63, 3.8) is 0 Å². The number of nitrogens with zero attached hydrogens (tertiary/aromatic N) is 1. The summed E-state index contributed by atoms with van der Waals surface area (Å²) < 4.78 is 56.9. The summed E-state index contributed by atoms with van der Waals surface area (Å²) in [7, 11) is 0. The zero-order valence-corrected chi connectivity index (χ0v) is 18.3. The number of nitrogens with one attached hydrogen (secondary N) is 2. The van der Waals surface area contributed by atoms with Gasteiger partial charge in [-0.3, -0.25) is 14.4 Å². The molecule has 0 radical (unpaired) electrons. The van der Waals surface area contributed by atoms with E-state index in [1.165, 1.54) is 12.1 Å². The summed E-state index contributed by atoms with van der Waals surface area (Å²) in [5, 5.41) is 2.33. The van der Waals surface area contributed by atoms with Crippen molar-refractivity contribution in [2.75, 3.05) is 6.54 Å². The maximum absolute atomic E-state index is 14.4. The fourth-order valence-corrected chi connectivity index (χ4v) is 4.92. The largest absolute Gasteiger partial charge is 0.425 e. The molecule has 1 aromatic heterocycles. The van der Waals surface area contributed by atoms with Gasteiger partial charge in [0, 0.05) is 42.7 Å². The van der Waals surface area contributed by atoms with Crippen molar-refractivity contribution in [1.29, 1.82) is 0 Å². The number of Topliss-reactive ketones (excluding diaryl/α,β-unsaturated/α-hetero) is 1. The van der Waals surface area contributed by atoms with Crippen LogP contribution in [0.2, 0.25) is 0 Å². The van der Waals surface area contributed by atoms with Crippen molar-refractivity contribution in [2.24, 2.45) is 5.41 Å². The highest BCUT2D eigenvalue weighted by Crippen LogP contribution is 2.51. The number of carbonyl (C=O) groups is 3. The van der Waals surface area contributed by atoms with Crippen LogP contribution in [0.1, 0.15) is 39.2 Å². The Hall–Kier alpha value is -3.17. The first-order valence-corrected chi connectivity index (χ1v) is 10.5. The Bertz CT molecular complexity index is 1210. The van der Waals surface area contributed by atoms with Gasteiger partial charge in [-0.25, -0.2) is 4.39 Å². The Morgan fingerprint density at radius 1 is 1.21 bits per heavy atom. The van der Waals surface area contributed by atoms with Crippen LogP contribution in [0.4, 0.5) is 17.6 Å². The van der Waals surface area contributed by atoms with E-state index in [4.69, 9.17) is 0 Å². The van der Waals surface area contributed by atoms with Crippen molar-refractivity contribution in [3.8, 4) is 0 Å². The number of hydrogen-bond acceptors (Lipinski definition) is 3. The van der Waals surface area contributed by atoms with Crippen molar-refractivity contribution in [3.05, 3.63) is 47.0 Å². The second-order valence-electron chi connectivity index (χ2n) is 9.40. The molecule has 10 heteroatoms. The summed E-state index contributed by atoms with van der Waals surface area (Å²) in [6.45, 7) is 4.20. The summed E-state index contributed by atoms with van der Waals surface area (Å²) in [6, 6.07) is 4.14. The lowest BCUT2D eigenvalue weighted by molar-refractivity contribution is -0.194. The highest BCUT2D eigenvalue weighted by molar-refractivity contribution is 6.13. The second kappa shape index (κ2) is 7.43. The number of ketones is 1. The Morgan fingerprint density at radius 2 is 1.91 bits per heavy atom. The number of halogens is 4. The molecule has 33 heavy (non-hydrogen) atoms. The van der Waals surface area contributed by atoms with Crippen molar-refractivity contribution >= 4 is 28.5 Å². The predicted molar refractivity (Wildman–Crippen MR) is 111 cm³/mol. The van der Waals surface area contributed by atoms with E-state index >= 15 is 0 Å². The second-order valence-corrected chi connectivity index (χ2v) is 9.40. The molecule has 4 rings (SSSR count). The maximum Gasteiger partial charge on any atom is 0.425 e. The van der Waals surface area contributed by atoms with E-state index in [0.29, 0.717) is 16.5 Å². The van der Waals surface area contributed by atoms with Crippen molar-refractivity contribution in [1.82, 2.24) is 15.2 Å². The third-order valence-corrected chi connectivity index (χ3v) is 6.24. The van der Waals surface area contributed by atoms with Gasteiger partial charge in [-0.1, -0.05) is 13.8 Å². The summed E-state index contributed by atoms with van der Waals surface area (Å²) in [6.07, 6.45) is -3.59. The van der Waals surface area contributed by atoms with Crippen molar-refractivity contribution < 1.29 is 31.9 Å². The van der Waals surface area contributed by atoms with Gasteiger partial charge in [0.05, 0.1) is 5.57 Å². The summed E-state index contributed by atoms with van der Waals surface area (Å²) in [5.74, 6) is -3.74. The van der Waals surface area contributed by atoms with E-state index in [-0.39, 0.29) is 31.5 Å². The van der Waals surface area contributed by atoms with Gasteiger partial charge in [0.15, 0.2) is 5.78 Å². The SMILES string of the molecule is CC(=O)NC1(C(F)(F)F)C(=O)N(CCc2c[nH]c3ccc(F)cc23)C2=C1C(=O)CC(C)(C)C2. The number of hydrogen-bond donors (Lipinski definition) is 2. The lowest BCUT2D eigenvalue weighted by atomic mass is 9.72. The number of amides is 2.